The van der Waals surface area contributed by atoms with E-state index in [4.69, 9.17) is 9.97 Å². The topological polar surface area (TPSA) is 30.7 Å². The molecule has 228 valence electrons. The molecule has 3 heterocycles. The molecule has 0 saturated heterocycles. The molecular formula is C44H31N3S. The minimum atomic E-state index is 0.0886. The van der Waals surface area contributed by atoms with Gasteiger partial charge in [0.2, 0.25) is 0 Å². The fourth-order valence-electron chi connectivity index (χ4n) is 7.66. The summed E-state index contributed by atoms with van der Waals surface area (Å²) in [6, 6.07) is 41.2. The van der Waals surface area contributed by atoms with Gasteiger partial charge < -0.3 is 4.57 Å². The molecule has 5 aromatic carbocycles. The Kier molecular flexibility index (Phi) is 6.31. The minimum Gasteiger partial charge on any atom is -0.309 e. The van der Waals surface area contributed by atoms with Crippen molar-refractivity contribution in [1.82, 2.24) is 14.5 Å². The maximum absolute atomic E-state index is 5.26. The molecule has 0 saturated carbocycles. The monoisotopic (exact) mass is 633 g/mol. The van der Waals surface area contributed by atoms with Gasteiger partial charge in [0, 0.05) is 48.3 Å². The normalized spacial score (nSPS) is 15.8. The first kappa shape index (κ1) is 27.5. The van der Waals surface area contributed by atoms with E-state index in [1.165, 1.54) is 59.2 Å². The Hall–Kier alpha value is -5.58. The SMILES string of the molecule is C1=Cc2c(sc3ccc4c5ccccc5n(C5=CCC(c6nc(-c7ccc(-c8ccccc8)cc7)c7ccccc7n6)C=C5)c4c23)CC1. The van der Waals surface area contributed by atoms with E-state index in [1.54, 1.807) is 0 Å². The molecule has 1 atom stereocenters. The highest BCUT2D eigenvalue weighted by Crippen LogP contribution is 2.44. The first-order valence-electron chi connectivity index (χ1n) is 16.8. The summed E-state index contributed by atoms with van der Waals surface area (Å²) in [5, 5.41) is 5.07. The van der Waals surface area contributed by atoms with E-state index < -0.39 is 0 Å². The maximum Gasteiger partial charge on any atom is 0.136 e. The molecular weight excluding hydrogens is 603 g/mol. The summed E-state index contributed by atoms with van der Waals surface area (Å²) in [5.41, 5.74) is 10.7. The summed E-state index contributed by atoms with van der Waals surface area (Å²) in [6.45, 7) is 0. The molecule has 1 unspecified atom stereocenters. The Morgan fingerprint density at radius 3 is 2.29 bits per heavy atom. The van der Waals surface area contributed by atoms with Crippen LogP contribution in [0.25, 0.3) is 77.0 Å². The van der Waals surface area contributed by atoms with Crippen molar-refractivity contribution in [2.24, 2.45) is 0 Å². The molecule has 8 aromatic rings. The lowest BCUT2D eigenvalue weighted by Crippen LogP contribution is -2.07. The number of hydrogen-bond donors (Lipinski definition) is 0. The van der Waals surface area contributed by atoms with E-state index in [0.717, 1.165) is 47.2 Å². The molecule has 0 N–H and O–H groups in total. The van der Waals surface area contributed by atoms with Gasteiger partial charge in [-0.1, -0.05) is 121 Å². The molecule has 4 heteroatoms. The van der Waals surface area contributed by atoms with Gasteiger partial charge in [-0.2, -0.15) is 0 Å². The summed E-state index contributed by atoms with van der Waals surface area (Å²) in [4.78, 5) is 11.9. The van der Waals surface area contributed by atoms with Gasteiger partial charge in [-0.15, -0.1) is 11.3 Å². The van der Waals surface area contributed by atoms with E-state index in [-0.39, 0.29) is 5.92 Å². The Morgan fingerprint density at radius 1 is 0.667 bits per heavy atom. The third-order valence-electron chi connectivity index (χ3n) is 9.98. The lowest BCUT2D eigenvalue weighted by molar-refractivity contribution is 0.780. The van der Waals surface area contributed by atoms with Crippen LogP contribution < -0.4 is 0 Å². The van der Waals surface area contributed by atoms with E-state index >= 15 is 0 Å². The number of nitrogens with zero attached hydrogens (tertiary/aromatic N) is 3. The predicted molar refractivity (Wildman–Crippen MR) is 203 cm³/mol. The molecule has 0 spiro atoms. The second-order valence-corrected chi connectivity index (χ2v) is 13.9. The van der Waals surface area contributed by atoms with Crippen LogP contribution in [0.3, 0.4) is 0 Å². The van der Waals surface area contributed by atoms with Gasteiger partial charge in [-0.05, 0) is 60.2 Å². The standard InChI is InChI=1S/C44H31N3S/c1-2-10-28(11-3-1)29-18-20-30(21-19-29)42-35-13-4-7-15-37(35)45-44(46-42)31-22-24-32(25-23-31)47-38-16-8-5-12-33(38)34-26-27-40-41(43(34)47)36-14-6-9-17-39(36)48-40/h1-8,10-16,18-22,24-27,31H,9,17,23H2. The Labute approximate surface area is 282 Å². The first-order valence-corrected chi connectivity index (χ1v) is 17.6. The van der Waals surface area contributed by atoms with Gasteiger partial charge in [-0.3, -0.25) is 0 Å². The summed E-state index contributed by atoms with van der Waals surface area (Å²) in [7, 11) is 0. The van der Waals surface area contributed by atoms with Crippen LogP contribution in [0, 0.1) is 0 Å². The molecule has 0 amide bonds. The highest BCUT2D eigenvalue weighted by Gasteiger charge is 2.23. The third kappa shape index (κ3) is 4.33. The molecule has 0 bridgehead atoms. The molecule has 0 radical (unpaired) electrons. The minimum absolute atomic E-state index is 0.0886. The average Bonchev–Trinajstić information content (AvgIpc) is 3.71. The average molecular weight is 634 g/mol. The van der Waals surface area contributed by atoms with Crippen molar-refractivity contribution >= 4 is 65.9 Å². The fourth-order valence-corrected chi connectivity index (χ4v) is 8.87. The van der Waals surface area contributed by atoms with Gasteiger partial charge in [0.1, 0.15) is 5.82 Å². The van der Waals surface area contributed by atoms with E-state index in [1.807, 2.05) is 11.3 Å². The lowest BCUT2D eigenvalue weighted by atomic mass is 9.96. The maximum atomic E-state index is 5.26. The Bertz CT molecular complexity index is 2630. The number of rotatable bonds is 4. The van der Waals surface area contributed by atoms with Crippen molar-refractivity contribution in [3.63, 3.8) is 0 Å². The van der Waals surface area contributed by atoms with Crippen LogP contribution in [-0.2, 0) is 6.42 Å². The van der Waals surface area contributed by atoms with Gasteiger partial charge >= 0.3 is 0 Å². The van der Waals surface area contributed by atoms with Crippen LogP contribution in [0.5, 0.6) is 0 Å². The number of para-hydroxylation sites is 2. The zero-order chi connectivity index (χ0) is 31.6. The molecule has 10 rings (SSSR count). The quantitative estimate of drug-likeness (QED) is 0.193. The Morgan fingerprint density at radius 2 is 1.44 bits per heavy atom. The number of aryl methyl sites for hydroxylation is 1. The number of hydrogen-bond acceptors (Lipinski definition) is 3. The van der Waals surface area contributed by atoms with Crippen molar-refractivity contribution in [3.05, 3.63) is 156 Å². The van der Waals surface area contributed by atoms with Crippen molar-refractivity contribution in [3.8, 4) is 22.4 Å². The van der Waals surface area contributed by atoms with Crippen molar-refractivity contribution in [2.75, 3.05) is 0 Å². The lowest BCUT2D eigenvalue weighted by Gasteiger charge is -2.19. The first-order chi connectivity index (χ1) is 23.8. The van der Waals surface area contributed by atoms with Gasteiger partial charge in [-0.25, -0.2) is 9.97 Å². The van der Waals surface area contributed by atoms with Crippen molar-refractivity contribution in [2.45, 2.75) is 25.2 Å². The number of allylic oxidation sites excluding steroid dienone is 5. The highest BCUT2D eigenvalue weighted by molar-refractivity contribution is 7.19. The molecule has 2 aliphatic carbocycles. The summed E-state index contributed by atoms with van der Waals surface area (Å²) in [6.07, 6.45) is 14.8. The van der Waals surface area contributed by atoms with E-state index in [2.05, 4.69) is 150 Å². The van der Waals surface area contributed by atoms with Crippen molar-refractivity contribution in [1.29, 1.82) is 0 Å². The smallest absolute Gasteiger partial charge is 0.136 e. The zero-order valence-corrected chi connectivity index (χ0v) is 27.1. The van der Waals surface area contributed by atoms with Gasteiger partial charge in [0.15, 0.2) is 0 Å². The van der Waals surface area contributed by atoms with Crippen molar-refractivity contribution < 1.29 is 0 Å². The van der Waals surface area contributed by atoms with Crippen LogP contribution in [0.2, 0.25) is 0 Å². The summed E-state index contributed by atoms with van der Waals surface area (Å²) in [5.74, 6) is 0.953. The second kappa shape index (κ2) is 11.0. The number of thiophene rings is 1. The van der Waals surface area contributed by atoms with Gasteiger partial charge in [0.05, 0.1) is 22.2 Å². The second-order valence-electron chi connectivity index (χ2n) is 12.8. The molecule has 3 nitrogen and oxygen atoms in total. The Balaban J connectivity index is 1.06. The largest absolute Gasteiger partial charge is 0.309 e. The molecule has 2 aliphatic rings. The third-order valence-corrected chi connectivity index (χ3v) is 11.2. The fraction of sp³-hybridized carbons (Fsp3) is 0.0909. The highest BCUT2D eigenvalue weighted by atomic mass is 32.1. The van der Waals surface area contributed by atoms with Crippen LogP contribution in [0.4, 0.5) is 0 Å². The zero-order valence-electron chi connectivity index (χ0n) is 26.3. The van der Waals surface area contributed by atoms with Crippen LogP contribution >= 0.6 is 11.3 Å². The van der Waals surface area contributed by atoms with Crippen LogP contribution in [-0.4, -0.2) is 14.5 Å². The van der Waals surface area contributed by atoms with E-state index in [9.17, 15) is 0 Å². The molecule has 3 aromatic heterocycles. The molecule has 0 fully saturated rings. The van der Waals surface area contributed by atoms with E-state index in [0.29, 0.717) is 0 Å². The van der Waals surface area contributed by atoms with Crippen LogP contribution in [0.15, 0.2) is 140 Å². The van der Waals surface area contributed by atoms with Crippen LogP contribution in [0.1, 0.15) is 35.0 Å². The number of aromatic nitrogens is 3. The number of benzene rings is 5. The summed E-state index contributed by atoms with van der Waals surface area (Å²) < 4.78 is 3.87. The van der Waals surface area contributed by atoms with Gasteiger partial charge in [0.25, 0.3) is 0 Å². The summed E-state index contributed by atoms with van der Waals surface area (Å²) >= 11 is 1.96. The molecule has 48 heavy (non-hydrogen) atoms. The predicted octanol–water partition coefficient (Wildman–Crippen LogP) is 11.8. The molecule has 0 aliphatic heterocycles. The number of fused-ring (bicyclic) bond motifs is 8.